The molecular weight excluding hydrogens is 203 g/mol. The third-order valence-electron chi connectivity index (χ3n) is 2.41. The molecule has 4 heteroatoms. The van der Waals surface area contributed by atoms with Crippen LogP contribution in [0.2, 0.25) is 0 Å². The number of alkyl halides is 3. The molecule has 15 heavy (non-hydrogen) atoms. The summed E-state index contributed by atoms with van der Waals surface area (Å²) in [5.41, 5.74) is 1.58. The second-order valence-corrected chi connectivity index (χ2v) is 3.59. The highest BCUT2D eigenvalue weighted by molar-refractivity contribution is 5.58. The molecule has 2 rings (SSSR count). The Kier molecular flexibility index (Phi) is 2.59. The maximum atomic E-state index is 12.3. The normalized spacial score (nSPS) is 16.3. The van der Waals surface area contributed by atoms with Crippen LogP contribution in [-0.2, 0) is 0 Å². The summed E-state index contributed by atoms with van der Waals surface area (Å²) in [7, 11) is 0. The largest absolute Gasteiger partial charge is 0.405 e. The number of fused-ring (bicyclic) bond motifs is 1. The van der Waals surface area contributed by atoms with E-state index in [1.54, 1.807) is 12.1 Å². The molecule has 0 bridgehead atoms. The smallest absolute Gasteiger partial charge is 0.362 e. The Morgan fingerprint density at radius 3 is 2.67 bits per heavy atom. The lowest BCUT2D eigenvalue weighted by Gasteiger charge is -2.31. The number of anilines is 1. The van der Waals surface area contributed by atoms with Gasteiger partial charge in [0, 0.05) is 12.2 Å². The Hall–Kier alpha value is -1.19. The lowest BCUT2D eigenvalue weighted by molar-refractivity contribution is -0.119. The van der Waals surface area contributed by atoms with Crippen LogP contribution in [0.3, 0.4) is 0 Å². The second-order valence-electron chi connectivity index (χ2n) is 3.59. The molecule has 1 aliphatic heterocycles. The number of nitrogens with zero attached hydrogens (tertiary/aromatic N) is 1. The lowest BCUT2D eigenvalue weighted by Crippen LogP contribution is -2.37. The highest BCUT2D eigenvalue weighted by Crippen LogP contribution is 2.30. The quantitative estimate of drug-likeness (QED) is 0.694. The first-order valence-corrected chi connectivity index (χ1v) is 4.80. The van der Waals surface area contributed by atoms with Gasteiger partial charge in [-0.2, -0.15) is 13.2 Å². The topological polar surface area (TPSA) is 3.24 Å². The van der Waals surface area contributed by atoms with Crippen molar-refractivity contribution in [3.05, 3.63) is 36.2 Å². The predicted molar refractivity (Wildman–Crippen MR) is 52.7 cm³/mol. The van der Waals surface area contributed by atoms with E-state index in [0.717, 1.165) is 5.56 Å². The molecule has 0 aromatic heterocycles. The summed E-state index contributed by atoms with van der Waals surface area (Å²) in [6.07, 6.45) is -1.49. The molecule has 1 aromatic rings. The van der Waals surface area contributed by atoms with Gasteiger partial charge >= 0.3 is 6.18 Å². The zero-order chi connectivity index (χ0) is 10.9. The molecule has 0 aliphatic carbocycles. The van der Waals surface area contributed by atoms with E-state index >= 15 is 0 Å². The maximum absolute atomic E-state index is 12.3. The number of para-hydroxylation sites is 1. The van der Waals surface area contributed by atoms with Gasteiger partial charge in [-0.05, 0) is 24.5 Å². The molecule has 1 aliphatic rings. The first-order chi connectivity index (χ1) is 7.06. The van der Waals surface area contributed by atoms with E-state index in [2.05, 4.69) is 0 Å². The van der Waals surface area contributed by atoms with Crippen LogP contribution in [0.5, 0.6) is 0 Å². The van der Waals surface area contributed by atoms with Crippen molar-refractivity contribution in [3.8, 4) is 0 Å². The van der Waals surface area contributed by atoms with Crippen LogP contribution in [0.25, 0.3) is 0 Å². The summed E-state index contributed by atoms with van der Waals surface area (Å²) in [4.78, 5) is 1.38. The van der Waals surface area contributed by atoms with E-state index in [1.807, 2.05) is 18.6 Å². The van der Waals surface area contributed by atoms with Gasteiger partial charge in [0.2, 0.25) is 0 Å². The molecular formula is C11H11F3N. The molecule has 0 fully saturated rings. The summed E-state index contributed by atoms with van der Waals surface area (Å²) < 4.78 is 36.8. The molecule has 0 saturated carbocycles. The minimum atomic E-state index is -4.13. The standard InChI is InChI=1S/C11H11F3N/c12-11(13,14)8-15-7-3-5-9-4-1-2-6-10(9)15/h1-2,4-6H,3,7-8H2. The maximum Gasteiger partial charge on any atom is 0.405 e. The molecule has 0 spiro atoms. The number of benzene rings is 1. The van der Waals surface area contributed by atoms with Crippen LogP contribution in [0.15, 0.2) is 24.3 Å². The van der Waals surface area contributed by atoms with Crippen LogP contribution in [-0.4, -0.2) is 19.3 Å². The van der Waals surface area contributed by atoms with Gasteiger partial charge in [0.15, 0.2) is 0 Å². The summed E-state index contributed by atoms with van der Waals surface area (Å²) in [6.45, 7) is -0.422. The number of hydrogen-bond donors (Lipinski definition) is 0. The summed E-state index contributed by atoms with van der Waals surface area (Å²) in [5.74, 6) is 0. The molecule has 0 N–H and O–H groups in total. The monoisotopic (exact) mass is 214 g/mol. The zero-order valence-electron chi connectivity index (χ0n) is 8.09. The van der Waals surface area contributed by atoms with E-state index < -0.39 is 12.7 Å². The highest BCUT2D eigenvalue weighted by Gasteiger charge is 2.32. The van der Waals surface area contributed by atoms with E-state index in [1.165, 1.54) is 4.90 Å². The van der Waals surface area contributed by atoms with Crippen molar-refractivity contribution < 1.29 is 13.2 Å². The summed E-state index contributed by atoms with van der Waals surface area (Å²) in [6, 6.07) is 7.18. The third-order valence-corrected chi connectivity index (χ3v) is 2.41. The Morgan fingerprint density at radius 1 is 1.20 bits per heavy atom. The van der Waals surface area contributed by atoms with Crippen molar-refractivity contribution >= 4 is 5.69 Å². The van der Waals surface area contributed by atoms with Gasteiger partial charge in [0.25, 0.3) is 0 Å². The molecule has 1 radical (unpaired) electrons. The number of hydrogen-bond acceptors (Lipinski definition) is 1. The Bertz CT molecular complexity index is 346. The van der Waals surface area contributed by atoms with Gasteiger partial charge in [-0.15, -0.1) is 0 Å². The van der Waals surface area contributed by atoms with Crippen molar-refractivity contribution in [2.45, 2.75) is 12.6 Å². The fourth-order valence-electron chi connectivity index (χ4n) is 1.83. The average Bonchev–Trinajstić information content (AvgIpc) is 2.16. The second kappa shape index (κ2) is 3.76. The molecule has 1 heterocycles. The lowest BCUT2D eigenvalue weighted by atomic mass is 10.0. The van der Waals surface area contributed by atoms with Gasteiger partial charge in [-0.3, -0.25) is 0 Å². The molecule has 0 amide bonds. The summed E-state index contributed by atoms with van der Waals surface area (Å²) in [5, 5.41) is 0. The minimum Gasteiger partial charge on any atom is -0.362 e. The molecule has 0 atom stereocenters. The van der Waals surface area contributed by atoms with Crippen molar-refractivity contribution in [3.63, 3.8) is 0 Å². The zero-order valence-corrected chi connectivity index (χ0v) is 8.09. The van der Waals surface area contributed by atoms with Gasteiger partial charge in [0.05, 0.1) is 0 Å². The molecule has 0 saturated heterocycles. The van der Waals surface area contributed by atoms with Crippen LogP contribution in [0, 0.1) is 6.42 Å². The van der Waals surface area contributed by atoms with Crippen molar-refractivity contribution in [2.75, 3.05) is 18.0 Å². The van der Waals surface area contributed by atoms with Crippen LogP contribution >= 0.6 is 0 Å². The van der Waals surface area contributed by atoms with E-state index in [0.29, 0.717) is 18.7 Å². The molecule has 1 aromatic carbocycles. The number of rotatable bonds is 1. The average molecular weight is 214 g/mol. The highest BCUT2D eigenvalue weighted by atomic mass is 19.4. The van der Waals surface area contributed by atoms with Gasteiger partial charge in [-0.25, -0.2) is 0 Å². The van der Waals surface area contributed by atoms with Crippen LogP contribution in [0.1, 0.15) is 12.0 Å². The Morgan fingerprint density at radius 2 is 1.93 bits per heavy atom. The fourth-order valence-corrected chi connectivity index (χ4v) is 1.83. The van der Waals surface area contributed by atoms with Crippen molar-refractivity contribution in [1.29, 1.82) is 0 Å². The first kappa shape index (κ1) is 10.3. The van der Waals surface area contributed by atoms with Gasteiger partial charge in [-0.1, -0.05) is 18.2 Å². The first-order valence-electron chi connectivity index (χ1n) is 4.80. The predicted octanol–water partition coefficient (Wildman–Crippen LogP) is 3.01. The van der Waals surface area contributed by atoms with Gasteiger partial charge < -0.3 is 4.90 Å². The van der Waals surface area contributed by atoms with E-state index in [-0.39, 0.29) is 0 Å². The van der Waals surface area contributed by atoms with Crippen LogP contribution in [0.4, 0.5) is 18.9 Å². The molecule has 81 valence electrons. The van der Waals surface area contributed by atoms with E-state index in [4.69, 9.17) is 0 Å². The van der Waals surface area contributed by atoms with Crippen LogP contribution < -0.4 is 4.90 Å². The fraction of sp³-hybridized carbons (Fsp3) is 0.364. The molecule has 1 nitrogen and oxygen atoms in total. The van der Waals surface area contributed by atoms with E-state index in [9.17, 15) is 13.2 Å². The van der Waals surface area contributed by atoms with Crippen molar-refractivity contribution in [1.82, 2.24) is 0 Å². The Labute approximate surface area is 86.5 Å². The summed E-state index contributed by atoms with van der Waals surface area (Å²) >= 11 is 0. The Balaban J connectivity index is 2.22. The van der Waals surface area contributed by atoms with Gasteiger partial charge in [0.1, 0.15) is 6.54 Å². The molecule has 0 unspecified atom stereocenters. The third kappa shape index (κ3) is 2.43. The number of halogens is 3. The minimum absolute atomic E-state index is 0.441. The SMILES string of the molecule is FC(F)(F)CN1CC[CH]c2ccccc21. The van der Waals surface area contributed by atoms with Crippen molar-refractivity contribution in [2.24, 2.45) is 0 Å².